The van der Waals surface area contributed by atoms with E-state index in [1.54, 1.807) is 6.20 Å². The molecule has 0 bridgehead atoms. The molecule has 3 rings (SSSR count). The summed E-state index contributed by atoms with van der Waals surface area (Å²) in [7, 11) is -3.71. The highest BCUT2D eigenvalue weighted by atomic mass is 35.5. The average molecular weight is 441 g/mol. The van der Waals surface area contributed by atoms with Gasteiger partial charge in [0, 0.05) is 30.8 Å². The minimum Gasteiger partial charge on any atom is -0.370 e. The van der Waals surface area contributed by atoms with Gasteiger partial charge in [-0.1, -0.05) is 30.7 Å². The number of Topliss-reactive ketones (excluding diaryl/α,β-unsaturated/α-hetero) is 1. The van der Waals surface area contributed by atoms with Crippen LogP contribution in [0, 0.1) is 6.92 Å². The van der Waals surface area contributed by atoms with E-state index in [2.05, 4.69) is 4.72 Å². The minimum atomic E-state index is -3.71. The summed E-state index contributed by atoms with van der Waals surface area (Å²) in [6.07, 6.45) is 5.60. The summed E-state index contributed by atoms with van der Waals surface area (Å²) in [5.41, 5.74) is 2.71. The van der Waals surface area contributed by atoms with Crippen LogP contribution in [0.25, 0.3) is 0 Å². The molecule has 1 aromatic carbocycles. The van der Waals surface area contributed by atoms with Crippen molar-refractivity contribution in [3.05, 3.63) is 46.1 Å². The van der Waals surface area contributed by atoms with Gasteiger partial charge in [0.15, 0.2) is 5.78 Å². The highest BCUT2D eigenvalue weighted by Crippen LogP contribution is 2.34. The zero-order chi connectivity index (χ0) is 21.0. The summed E-state index contributed by atoms with van der Waals surface area (Å²) in [6, 6.07) is 5.15. The summed E-state index contributed by atoms with van der Waals surface area (Å²) in [5, 5.41) is 0.545. The van der Waals surface area contributed by atoms with Gasteiger partial charge in [0.05, 0.1) is 6.04 Å². The van der Waals surface area contributed by atoms with Crippen LogP contribution in [0.4, 0.5) is 0 Å². The van der Waals surface area contributed by atoms with Crippen molar-refractivity contribution in [2.75, 3.05) is 13.2 Å². The van der Waals surface area contributed by atoms with Crippen LogP contribution in [0.15, 0.2) is 30.0 Å². The number of halogens is 1. The quantitative estimate of drug-likeness (QED) is 0.693. The van der Waals surface area contributed by atoms with Crippen molar-refractivity contribution >= 4 is 27.6 Å². The zero-order valence-electron chi connectivity index (χ0n) is 17.0. The van der Waals surface area contributed by atoms with Crippen LogP contribution in [-0.2, 0) is 19.7 Å². The van der Waals surface area contributed by atoms with Crippen LogP contribution < -0.4 is 4.72 Å². The summed E-state index contributed by atoms with van der Waals surface area (Å²) in [4.78, 5) is 12.3. The molecule has 0 aromatic heterocycles. The molecule has 0 amide bonds. The Kier molecular flexibility index (Phi) is 7.37. The highest BCUT2D eigenvalue weighted by Gasteiger charge is 2.33. The molecule has 2 unspecified atom stereocenters. The van der Waals surface area contributed by atoms with Crippen molar-refractivity contribution in [1.82, 2.24) is 9.03 Å². The minimum absolute atomic E-state index is 0.0658. The predicted octanol–water partition coefficient (Wildman–Crippen LogP) is 4.05. The second-order valence-corrected chi connectivity index (χ2v) is 9.74. The van der Waals surface area contributed by atoms with Gasteiger partial charge in [-0.05, 0) is 61.8 Å². The predicted molar refractivity (Wildman–Crippen MR) is 114 cm³/mol. The average Bonchev–Trinajstić information content (AvgIpc) is 2.69. The molecule has 1 saturated heterocycles. The number of nitrogens with zero attached hydrogens (tertiary/aromatic N) is 1. The van der Waals surface area contributed by atoms with E-state index < -0.39 is 16.3 Å². The molecular formula is C21H29ClN2O4S. The van der Waals surface area contributed by atoms with E-state index in [1.165, 1.54) is 4.31 Å². The van der Waals surface area contributed by atoms with Gasteiger partial charge in [0.2, 0.25) is 0 Å². The Hall–Kier alpha value is -1.41. The molecule has 0 radical (unpaired) electrons. The number of ketones is 1. The lowest BCUT2D eigenvalue weighted by Gasteiger charge is -2.33. The van der Waals surface area contributed by atoms with Gasteiger partial charge in [0.25, 0.3) is 0 Å². The van der Waals surface area contributed by atoms with E-state index in [4.69, 9.17) is 16.3 Å². The van der Waals surface area contributed by atoms with Crippen LogP contribution in [0.5, 0.6) is 0 Å². The number of carbonyl (C=O) groups is 1. The summed E-state index contributed by atoms with van der Waals surface area (Å²) >= 11 is 6.38. The molecule has 6 nitrogen and oxygen atoms in total. The number of nitrogens with one attached hydrogen (secondary N) is 1. The molecule has 29 heavy (non-hydrogen) atoms. The molecule has 2 aliphatic rings. The molecule has 2 aliphatic heterocycles. The lowest BCUT2D eigenvalue weighted by Crippen LogP contribution is -2.45. The Morgan fingerprint density at radius 1 is 1.34 bits per heavy atom. The van der Waals surface area contributed by atoms with Crippen LogP contribution >= 0.6 is 11.6 Å². The molecule has 160 valence electrons. The van der Waals surface area contributed by atoms with Crippen LogP contribution in [0.1, 0.15) is 62.6 Å². The molecule has 2 heterocycles. The smallest absolute Gasteiger partial charge is 0.301 e. The SMILES string of the molecule is CCC1=CN(CCCC(=O)C2CCCCO2)S(=O)(=O)NC1c1ccc(C)cc1Cl. The fraction of sp³-hybridized carbons (Fsp3) is 0.571. The third-order valence-corrected chi connectivity index (χ3v) is 7.24. The summed E-state index contributed by atoms with van der Waals surface area (Å²) in [5.74, 6) is 0.0658. The van der Waals surface area contributed by atoms with E-state index in [-0.39, 0.29) is 18.4 Å². The second-order valence-electron chi connectivity index (χ2n) is 7.67. The second kappa shape index (κ2) is 9.60. The lowest BCUT2D eigenvalue weighted by atomic mass is 9.97. The fourth-order valence-corrected chi connectivity index (χ4v) is 5.50. The lowest BCUT2D eigenvalue weighted by molar-refractivity contribution is -0.133. The molecule has 0 spiro atoms. The number of hydrogen-bond acceptors (Lipinski definition) is 4. The number of carbonyl (C=O) groups excluding carboxylic acids is 1. The van der Waals surface area contributed by atoms with E-state index in [0.717, 1.165) is 36.0 Å². The number of ether oxygens (including phenoxy) is 1. The molecule has 2 atom stereocenters. The van der Waals surface area contributed by atoms with Crippen molar-refractivity contribution in [2.45, 2.75) is 64.5 Å². The number of rotatable bonds is 7. The first-order chi connectivity index (χ1) is 13.8. The Morgan fingerprint density at radius 3 is 2.79 bits per heavy atom. The molecular weight excluding hydrogens is 412 g/mol. The van der Waals surface area contributed by atoms with Gasteiger partial charge in [-0.25, -0.2) is 0 Å². The maximum atomic E-state index is 12.8. The van der Waals surface area contributed by atoms with Crippen molar-refractivity contribution in [1.29, 1.82) is 0 Å². The van der Waals surface area contributed by atoms with Gasteiger partial charge in [-0.15, -0.1) is 0 Å². The Bertz CT molecular complexity index is 879. The van der Waals surface area contributed by atoms with Crippen molar-refractivity contribution in [3.8, 4) is 0 Å². The molecule has 1 fully saturated rings. The van der Waals surface area contributed by atoms with Crippen LogP contribution in [0.2, 0.25) is 5.02 Å². The normalized spacial score (nSPS) is 24.2. The number of hydrogen-bond donors (Lipinski definition) is 1. The molecule has 0 saturated carbocycles. The standard InChI is InChI=1S/C21H29ClN2O4S/c1-3-16-14-24(11-6-7-19(25)20-8-4-5-12-28-20)29(26,27)23-21(16)17-10-9-15(2)13-18(17)22/h9-10,13-14,20-21,23H,3-8,11-12H2,1-2H3. The van der Waals surface area contributed by atoms with E-state index in [9.17, 15) is 13.2 Å². The maximum absolute atomic E-state index is 12.8. The van der Waals surface area contributed by atoms with E-state index >= 15 is 0 Å². The van der Waals surface area contributed by atoms with Crippen LogP contribution in [-0.4, -0.2) is 37.8 Å². The topological polar surface area (TPSA) is 75.7 Å². The highest BCUT2D eigenvalue weighted by molar-refractivity contribution is 7.87. The molecule has 0 aliphatic carbocycles. The van der Waals surface area contributed by atoms with Crippen molar-refractivity contribution in [2.24, 2.45) is 0 Å². The van der Waals surface area contributed by atoms with Gasteiger partial charge in [-0.3, -0.25) is 9.10 Å². The van der Waals surface area contributed by atoms with Gasteiger partial charge >= 0.3 is 10.2 Å². The first-order valence-electron chi connectivity index (χ1n) is 10.2. The van der Waals surface area contributed by atoms with Gasteiger partial charge in [0.1, 0.15) is 6.10 Å². The van der Waals surface area contributed by atoms with Gasteiger partial charge in [-0.2, -0.15) is 13.1 Å². The third-order valence-electron chi connectivity index (χ3n) is 5.47. The summed E-state index contributed by atoms with van der Waals surface area (Å²) in [6.45, 7) is 4.82. The molecule has 8 heteroatoms. The first kappa shape index (κ1) is 22.3. The van der Waals surface area contributed by atoms with Gasteiger partial charge < -0.3 is 4.74 Å². The Labute approximate surface area is 178 Å². The fourth-order valence-electron chi connectivity index (χ4n) is 3.80. The summed E-state index contributed by atoms with van der Waals surface area (Å²) < 4.78 is 35.2. The number of aryl methyl sites for hydroxylation is 1. The zero-order valence-corrected chi connectivity index (χ0v) is 18.6. The van der Waals surface area contributed by atoms with Crippen LogP contribution in [0.3, 0.4) is 0 Å². The van der Waals surface area contributed by atoms with E-state index in [0.29, 0.717) is 30.9 Å². The first-order valence-corrected chi connectivity index (χ1v) is 12.0. The molecule has 1 N–H and O–H groups in total. The van der Waals surface area contributed by atoms with Crippen molar-refractivity contribution < 1.29 is 17.9 Å². The maximum Gasteiger partial charge on any atom is 0.301 e. The monoisotopic (exact) mass is 440 g/mol. The Morgan fingerprint density at radius 2 is 2.14 bits per heavy atom. The largest absolute Gasteiger partial charge is 0.370 e. The van der Waals surface area contributed by atoms with E-state index in [1.807, 2.05) is 32.0 Å². The Balaban J connectivity index is 1.69. The van der Waals surface area contributed by atoms with Crippen molar-refractivity contribution in [3.63, 3.8) is 0 Å². The molecule has 1 aromatic rings. The number of benzene rings is 1. The third kappa shape index (κ3) is 5.40.